The van der Waals surface area contributed by atoms with Gasteiger partial charge in [-0.15, -0.1) is 5.10 Å². The molecule has 0 saturated heterocycles. The van der Waals surface area contributed by atoms with Crippen molar-refractivity contribution in [1.82, 2.24) is 20.3 Å². The van der Waals surface area contributed by atoms with Gasteiger partial charge in [0.2, 0.25) is 5.91 Å². The quantitative estimate of drug-likeness (QED) is 0.761. The number of furan rings is 1. The molecule has 3 N–H and O–H groups in total. The van der Waals surface area contributed by atoms with E-state index in [1.807, 2.05) is 0 Å². The van der Waals surface area contributed by atoms with E-state index in [1.54, 1.807) is 19.1 Å². The van der Waals surface area contributed by atoms with Crippen molar-refractivity contribution in [2.45, 2.75) is 20.0 Å². The first-order valence-electron chi connectivity index (χ1n) is 5.57. The van der Waals surface area contributed by atoms with Crippen molar-refractivity contribution >= 4 is 11.8 Å². The highest BCUT2D eigenvalue weighted by Gasteiger charge is 2.15. The normalized spacial score (nSPS) is 10.4. The Morgan fingerprint density at radius 1 is 1.53 bits per heavy atom. The molecule has 0 atom stereocenters. The van der Waals surface area contributed by atoms with Crippen LogP contribution in [0.5, 0.6) is 0 Å². The summed E-state index contributed by atoms with van der Waals surface area (Å²) in [6, 6.07) is 3.49. The predicted octanol–water partition coefficient (Wildman–Crippen LogP) is -0.405. The van der Waals surface area contributed by atoms with Crippen LogP contribution in [0.25, 0.3) is 0 Å². The van der Waals surface area contributed by atoms with Gasteiger partial charge in [-0.05, 0) is 19.1 Å². The number of amides is 2. The van der Waals surface area contributed by atoms with Crippen molar-refractivity contribution in [2.75, 3.05) is 0 Å². The van der Waals surface area contributed by atoms with E-state index in [2.05, 4.69) is 15.6 Å². The van der Waals surface area contributed by atoms with Gasteiger partial charge in [-0.25, -0.2) is 4.68 Å². The van der Waals surface area contributed by atoms with Crippen LogP contribution in [0.3, 0.4) is 0 Å². The minimum Gasteiger partial charge on any atom is -0.467 e. The first-order chi connectivity index (χ1) is 9.08. The molecule has 2 aromatic heterocycles. The molecule has 0 saturated carbocycles. The third-order valence-corrected chi connectivity index (χ3v) is 2.55. The number of nitrogens with two attached hydrogens (primary N) is 1. The molecule has 0 unspecified atom stereocenters. The van der Waals surface area contributed by atoms with Gasteiger partial charge in [-0.2, -0.15) is 0 Å². The fourth-order valence-electron chi connectivity index (χ4n) is 1.53. The Balaban J connectivity index is 1.93. The third kappa shape index (κ3) is 2.97. The molecular weight excluding hydrogens is 250 g/mol. The summed E-state index contributed by atoms with van der Waals surface area (Å²) in [4.78, 5) is 22.7. The first kappa shape index (κ1) is 12.8. The van der Waals surface area contributed by atoms with Gasteiger partial charge in [0, 0.05) is 0 Å². The predicted molar refractivity (Wildman–Crippen MR) is 63.8 cm³/mol. The zero-order valence-electron chi connectivity index (χ0n) is 10.3. The molecule has 2 aromatic rings. The summed E-state index contributed by atoms with van der Waals surface area (Å²) >= 11 is 0. The van der Waals surface area contributed by atoms with Crippen molar-refractivity contribution in [3.05, 3.63) is 35.5 Å². The largest absolute Gasteiger partial charge is 0.467 e. The lowest BCUT2D eigenvalue weighted by Gasteiger charge is -2.04. The van der Waals surface area contributed by atoms with E-state index in [0.717, 1.165) is 0 Å². The average Bonchev–Trinajstić information content (AvgIpc) is 2.98. The second-order valence-electron chi connectivity index (χ2n) is 3.90. The fraction of sp³-hybridized carbons (Fsp3) is 0.273. The number of nitrogens with zero attached hydrogens (tertiary/aromatic N) is 3. The van der Waals surface area contributed by atoms with Crippen LogP contribution in [0.4, 0.5) is 0 Å². The van der Waals surface area contributed by atoms with E-state index in [-0.39, 0.29) is 18.1 Å². The molecule has 19 heavy (non-hydrogen) atoms. The molecular formula is C11H13N5O3. The zero-order chi connectivity index (χ0) is 13.8. The lowest BCUT2D eigenvalue weighted by Crippen LogP contribution is -2.28. The number of rotatable bonds is 5. The van der Waals surface area contributed by atoms with Crippen molar-refractivity contribution in [3.8, 4) is 0 Å². The highest BCUT2D eigenvalue weighted by atomic mass is 16.3. The number of hydrogen-bond acceptors (Lipinski definition) is 5. The van der Waals surface area contributed by atoms with Crippen LogP contribution < -0.4 is 11.1 Å². The fourth-order valence-corrected chi connectivity index (χ4v) is 1.53. The van der Waals surface area contributed by atoms with E-state index >= 15 is 0 Å². The van der Waals surface area contributed by atoms with E-state index in [4.69, 9.17) is 10.2 Å². The van der Waals surface area contributed by atoms with Crippen LogP contribution in [0.15, 0.2) is 22.8 Å². The Hall–Kier alpha value is -2.64. The Bertz CT molecular complexity index is 588. The number of carbonyl (C=O) groups is 2. The smallest absolute Gasteiger partial charge is 0.271 e. The Kier molecular flexibility index (Phi) is 3.60. The van der Waals surface area contributed by atoms with E-state index in [1.165, 1.54) is 10.9 Å². The first-order valence-corrected chi connectivity index (χ1v) is 5.57. The highest BCUT2D eigenvalue weighted by Crippen LogP contribution is 2.02. The molecule has 2 heterocycles. The second-order valence-corrected chi connectivity index (χ2v) is 3.90. The summed E-state index contributed by atoms with van der Waals surface area (Å²) in [5.74, 6) is -0.276. The number of nitrogens with one attached hydrogen (secondary N) is 1. The molecule has 0 aromatic carbocycles. The molecule has 100 valence electrons. The molecule has 0 aliphatic carbocycles. The van der Waals surface area contributed by atoms with Crippen LogP contribution in [-0.4, -0.2) is 26.8 Å². The van der Waals surface area contributed by atoms with Crippen molar-refractivity contribution in [2.24, 2.45) is 5.73 Å². The van der Waals surface area contributed by atoms with Crippen LogP contribution in [-0.2, 0) is 17.9 Å². The summed E-state index contributed by atoms with van der Waals surface area (Å²) in [5, 5.41) is 9.98. The molecule has 0 spiro atoms. The van der Waals surface area contributed by atoms with E-state index in [9.17, 15) is 9.59 Å². The Morgan fingerprint density at radius 2 is 2.32 bits per heavy atom. The van der Waals surface area contributed by atoms with Gasteiger partial charge in [0.25, 0.3) is 5.91 Å². The summed E-state index contributed by atoms with van der Waals surface area (Å²) in [7, 11) is 0. The standard InChI is InChI=1S/C11H13N5O3/c1-7-10(11(12)18)14-15-16(7)6-9(17)13-5-8-3-2-4-19-8/h2-4H,5-6H2,1H3,(H2,12,18)(H,13,17). The van der Waals surface area contributed by atoms with Crippen molar-refractivity contribution < 1.29 is 14.0 Å². The zero-order valence-corrected chi connectivity index (χ0v) is 10.3. The lowest BCUT2D eigenvalue weighted by molar-refractivity contribution is -0.122. The lowest BCUT2D eigenvalue weighted by atomic mass is 10.3. The van der Waals surface area contributed by atoms with Gasteiger partial charge in [0.15, 0.2) is 5.69 Å². The molecule has 0 radical (unpaired) electrons. The molecule has 2 rings (SSSR count). The van der Waals surface area contributed by atoms with Gasteiger partial charge < -0.3 is 15.5 Å². The topological polar surface area (TPSA) is 116 Å². The SMILES string of the molecule is Cc1c(C(N)=O)nnn1CC(=O)NCc1ccco1. The number of aromatic nitrogens is 3. The summed E-state index contributed by atoms with van der Waals surface area (Å²) in [5.41, 5.74) is 5.64. The minimum absolute atomic E-state index is 0.0349. The van der Waals surface area contributed by atoms with Crippen molar-refractivity contribution in [1.29, 1.82) is 0 Å². The summed E-state index contributed by atoms with van der Waals surface area (Å²) in [6.07, 6.45) is 1.53. The number of primary amides is 1. The molecule has 0 bridgehead atoms. The molecule has 0 fully saturated rings. The van der Waals surface area contributed by atoms with Gasteiger partial charge in [-0.1, -0.05) is 5.21 Å². The Labute approximate surface area is 108 Å². The Morgan fingerprint density at radius 3 is 2.89 bits per heavy atom. The molecule has 0 aliphatic rings. The van der Waals surface area contributed by atoms with Crippen molar-refractivity contribution in [3.63, 3.8) is 0 Å². The van der Waals surface area contributed by atoms with Crippen LogP contribution in [0.1, 0.15) is 21.9 Å². The van der Waals surface area contributed by atoms with Gasteiger partial charge in [-0.3, -0.25) is 9.59 Å². The second kappa shape index (κ2) is 5.34. The maximum absolute atomic E-state index is 11.7. The number of carbonyl (C=O) groups excluding carboxylic acids is 2. The van der Waals surface area contributed by atoms with Crippen LogP contribution in [0.2, 0.25) is 0 Å². The molecule has 0 aliphatic heterocycles. The maximum Gasteiger partial charge on any atom is 0.271 e. The monoisotopic (exact) mass is 263 g/mol. The average molecular weight is 263 g/mol. The molecule has 8 nitrogen and oxygen atoms in total. The number of hydrogen-bond donors (Lipinski definition) is 2. The van der Waals surface area contributed by atoms with Crippen LogP contribution in [0, 0.1) is 6.92 Å². The molecule has 2 amide bonds. The summed E-state index contributed by atoms with van der Waals surface area (Å²) in [6.45, 7) is 1.88. The van der Waals surface area contributed by atoms with Gasteiger partial charge in [0.05, 0.1) is 18.5 Å². The van der Waals surface area contributed by atoms with Gasteiger partial charge in [0.1, 0.15) is 12.3 Å². The summed E-state index contributed by atoms with van der Waals surface area (Å²) < 4.78 is 6.40. The molecule has 8 heteroatoms. The highest BCUT2D eigenvalue weighted by molar-refractivity contribution is 5.91. The van der Waals surface area contributed by atoms with Crippen LogP contribution >= 0.6 is 0 Å². The van der Waals surface area contributed by atoms with Gasteiger partial charge >= 0.3 is 0 Å². The van der Waals surface area contributed by atoms with E-state index in [0.29, 0.717) is 18.0 Å². The minimum atomic E-state index is -0.667. The van der Waals surface area contributed by atoms with E-state index < -0.39 is 5.91 Å². The third-order valence-electron chi connectivity index (χ3n) is 2.55. The maximum atomic E-state index is 11.7.